The van der Waals surface area contributed by atoms with Gasteiger partial charge in [0.25, 0.3) is 5.56 Å². The standard InChI is InChI=1S/C15H14F3NO3/c1-8(2)12(14(21)22)19-6-5-9-7-10(15(16,17)18)3-4-11(9)13(19)20/h3-8,12H,1-2H3,(H,21,22). The molecule has 2 aromatic rings. The Hall–Kier alpha value is -2.31. The van der Waals surface area contributed by atoms with E-state index in [1.807, 2.05) is 0 Å². The summed E-state index contributed by atoms with van der Waals surface area (Å²) in [5.41, 5.74) is -1.47. The van der Waals surface area contributed by atoms with E-state index < -0.39 is 29.3 Å². The van der Waals surface area contributed by atoms with E-state index in [1.54, 1.807) is 13.8 Å². The van der Waals surface area contributed by atoms with Gasteiger partial charge in [0.1, 0.15) is 6.04 Å². The smallest absolute Gasteiger partial charge is 0.416 e. The molecule has 1 heterocycles. The molecule has 0 radical (unpaired) electrons. The molecule has 0 fully saturated rings. The maximum Gasteiger partial charge on any atom is 0.416 e. The van der Waals surface area contributed by atoms with Crippen molar-refractivity contribution >= 4 is 16.7 Å². The first-order chi connectivity index (χ1) is 10.1. The van der Waals surface area contributed by atoms with Gasteiger partial charge >= 0.3 is 12.1 Å². The second-order valence-corrected chi connectivity index (χ2v) is 5.36. The van der Waals surface area contributed by atoms with Crippen molar-refractivity contribution in [1.82, 2.24) is 4.57 Å². The highest BCUT2D eigenvalue weighted by Crippen LogP contribution is 2.31. The number of rotatable bonds is 3. The van der Waals surface area contributed by atoms with Gasteiger partial charge in [-0.3, -0.25) is 4.79 Å². The molecule has 0 saturated carbocycles. The first-order valence-corrected chi connectivity index (χ1v) is 6.58. The van der Waals surface area contributed by atoms with Gasteiger partial charge in [-0.1, -0.05) is 13.8 Å². The van der Waals surface area contributed by atoms with Crippen LogP contribution in [0.15, 0.2) is 35.3 Å². The Balaban J connectivity index is 2.66. The maximum atomic E-state index is 12.7. The van der Waals surface area contributed by atoms with Crippen LogP contribution in [0.5, 0.6) is 0 Å². The zero-order valence-electron chi connectivity index (χ0n) is 11.9. The van der Waals surface area contributed by atoms with Gasteiger partial charge in [0.2, 0.25) is 0 Å². The largest absolute Gasteiger partial charge is 0.480 e. The number of hydrogen-bond donors (Lipinski definition) is 1. The normalized spacial score (nSPS) is 13.5. The number of carbonyl (C=O) groups is 1. The fourth-order valence-corrected chi connectivity index (χ4v) is 2.38. The fraction of sp³-hybridized carbons (Fsp3) is 0.333. The van der Waals surface area contributed by atoms with Crippen LogP contribution in [-0.2, 0) is 11.0 Å². The van der Waals surface area contributed by atoms with Crippen LogP contribution in [0.1, 0.15) is 25.5 Å². The third-order valence-electron chi connectivity index (χ3n) is 3.44. The molecule has 0 saturated heterocycles. The monoisotopic (exact) mass is 313 g/mol. The van der Waals surface area contributed by atoms with Gasteiger partial charge in [0.05, 0.1) is 5.56 Å². The summed E-state index contributed by atoms with van der Waals surface area (Å²) in [6, 6.07) is 3.03. The molecule has 0 aliphatic carbocycles. The van der Waals surface area contributed by atoms with Crippen LogP contribution in [0.3, 0.4) is 0 Å². The first kappa shape index (κ1) is 16.1. The number of alkyl halides is 3. The van der Waals surface area contributed by atoms with Gasteiger partial charge < -0.3 is 9.67 Å². The molecule has 1 aromatic carbocycles. The number of pyridine rings is 1. The minimum Gasteiger partial charge on any atom is -0.480 e. The Morgan fingerprint density at radius 2 is 1.86 bits per heavy atom. The van der Waals surface area contributed by atoms with E-state index in [1.165, 1.54) is 12.3 Å². The lowest BCUT2D eigenvalue weighted by Gasteiger charge is -2.19. The predicted octanol–water partition coefficient (Wildman–Crippen LogP) is 3.30. The number of aromatic nitrogens is 1. The molecule has 7 heteroatoms. The molecule has 118 valence electrons. The molecule has 1 atom stereocenters. The summed E-state index contributed by atoms with van der Waals surface area (Å²) in [6.45, 7) is 3.31. The lowest BCUT2D eigenvalue weighted by molar-refractivity contribution is -0.142. The van der Waals surface area contributed by atoms with Crippen molar-refractivity contribution in [3.05, 3.63) is 46.4 Å². The molecule has 4 nitrogen and oxygen atoms in total. The van der Waals surface area contributed by atoms with E-state index in [4.69, 9.17) is 0 Å². The van der Waals surface area contributed by atoms with Crippen LogP contribution >= 0.6 is 0 Å². The number of carboxylic acids is 1. The van der Waals surface area contributed by atoms with E-state index in [2.05, 4.69) is 0 Å². The molecular formula is C15H14F3NO3. The fourth-order valence-electron chi connectivity index (χ4n) is 2.38. The van der Waals surface area contributed by atoms with Crippen molar-refractivity contribution in [3.8, 4) is 0 Å². The average molecular weight is 313 g/mol. The number of aliphatic carboxylic acids is 1. The Labute approximate surface area is 123 Å². The summed E-state index contributed by atoms with van der Waals surface area (Å²) < 4.78 is 39.1. The zero-order valence-corrected chi connectivity index (χ0v) is 11.9. The Bertz CT molecular complexity index is 778. The van der Waals surface area contributed by atoms with Gasteiger partial charge in [-0.15, -0.1) is 0 Å². The average Bonchev–Trinajstić information content (AvgIpc) is 2.39. The van der Waals surface area contributed by atoms with Crippen molar-refractivity contribution in [2.24, 2.45) is 5.92 Å². The molecule has 0 aliphatic heterocycles. The van der Waals surface area contributed by atoms with E-state index in [9.17, 15) is 27.9 Å². The lowest BCUT2D eigenvalue weighted by Crippen LogP contribution is -2.32. The highest BCUT2D eigenvalue weighted by molar-refractivity contribution is 5.83. The van der Waals surface area contributed by atoms with E-state index in [0.29, 0.717) is 0 Å². The molecule has 1 N–H and O–H groups in total. The van der Waals surface area contributed by atoms with Crippen LogP contribution in [0, 0.1) is 5.92 Å². The Morgan fingerprint density at radius 1 is 1.23 bits per heavy atom. The number of hydrogen-bond acceptors (Lipinski definition) is 2. The van der Waals surface area contributed by atoms with Crippen LogP contribution in [0.4, 0.5) is 13.2 Å². The third kappa shape index (κ3) is 2.84. The number of nitrogens with zero attached hydrogens (tertiary/aromatic N) is 1. The molecule has 1 unspecified atom stereocenters. The summed E-state index contributed by atoms with van der Waals surface area (Å²) in [4.78, 5) is 23.7. The third-order valence-corrected chi connectivity index (χ3v) is 3.44. The number of benzene rings is 1. The van der Waals surface area contributed by atoms with Crippen molar-refractivity contribution in [2.45, 2.75) is 26.1 Å². The van der Waals surface area contributed by atoms with Crippen LogP contribution < -0.4 is 5.56 Å². The number of fused-ring (bicyclic) bond motifs is 1. The quantitative estimate of drug-likeness (QED) is 0.946. The van der Waals surface area contributed by atoms with Crippen LogP contribution in [0.2, 0.25) is 0 Å². The molecule has 0 bridgehead atoms. The molecule has 0 spiro atoms. The van der Waals surface area contributed by atoms with Gasteiger partial charge in [-0.05, 0) is 35.6 Å². The summed E-state index contributed by atoms with van der Waals surface area (Å²) in [7, 11) is 0. The summed E-state index contributed by atoms with van der Waals surface area (Å²) in [5.74, 6) is -1.51. The second-order valence-electron chi connectivity index (χ2n) is 5.36. The predicted molar refractivity (Wildman–Crippen MR) is 74.7 cm³/mol. The molecule has 22 heavy (non-hydrogen) atoms. The van der Waals surface area contributed by atoms with Crippen LogP contribution in [-0.4, -0.2) is 15.6 Å². The molecule has 0 aliphatic rings. The van der Waals surface area contributed by atoms with Gasteiger partial charge in [0, 0.05) is 11.6 Å². The minimum atomic E-state index is -4.50. The summed E-state index contributed by atoms with van der Waals surface area (Å²) in [5, 5.41) is 9.42. The zero-order chi connectivity index (χ0) is 16.7. The lowest BCUT2D eigenvalue weighted by atomic mass is 10.0. The minimum absolute atomic E-state index is 0.0578. The summed E-state index contributed by atoms with van der Waals surface area (Å²) in [6.07, 6.45) is -3.27. The number of halogens is 3. The van der Waals surface area contributed by atoms with Gasteiger partial charge in [0.15, 0.2) is 0 Å². The molecular weight excluding hydrogens is 299 g/mol. The van der Waals surface area contributed by atoms with E-state index in [-0.39, 0.29) is 16.7 Å². The topological polar surface area (TPSA) is 59.3 Å². The first-order valence-electron chi connectivity index (χ1n) is 6.58. The van der Waals surface area contributed by atoms with Crippen molar-refractivity contribution in [1.29, 1.82) is 0 Å². The van der Waals surface area contributed by atoms with Crippen LogP contribution in [0.25, 0.3) is 10.8 Å². The van der Waals surface area contributed by atoms with E-state index in [0.717, 1.165) is 22.8 Å². The Morgan fingerprint density at radius 3 is 2.36 bits per heavy atom. The highest BCUT2D eigenvalue weighted by Gasteiger charge is 2.31. The maximum absolute atomic E-state index is 12.7. The molecule has 1 aromatic heterocycles. The van der Waals surface area contributed by atoms with Crippen molar-refractivity contribution < 1.29 is 23.1 Å². The highest BCUT2D eigenvalue weighted by atomic mass is 19.4. The second kappa shape index (κ2) is 5.47. The Kier molecular flexibility index (Phi) is 4.00. The van der Waals surface area contributed by atoms with Gasteiger partial charge in [-0.25, -0.2) is 4.79 Å². The van der Waals surface area contributed by atoms with Crippen molar-refractivity contribution in [3.63, 3.8) is 0 Å². The SMILES string of the molecule is CC(C)C(C(=O)O)n1ccc2cc(C(F)(F)F)ccc2c1=O. The van der Waals surface area contributed by atoms with Gasteiger partial charge in [-0.2, -0.15) is 13.2 Å². The van der Waals surface area contributed by atoms with E-state index >= 15 is 0 Å². The summed E-state index contributed by atoms with van der Waals surface area (Å²) >= 11 is 0. The van der Waals surface area contributed by atoms with Crippen molar-refractivity contribution in [2.75, 3.05) is 0 Å². The molecule has 2 rings (SSSR count). The molecule has 0 amide bonds. The number of carboxylic acid groups (broad SMARTS) is 1.